The highest BCUT2D eigenvalue weighted by Crippen LogP contribution is 2.19. The van der Waals surface area contributed by atoms with E-state index in [0.29, 0.717) is 37.6 Å². The molecule has 1 aliphatic heterocycles. The number of guanidine groups is 1. The summed E-state index contributed by atoms with van der Waals surface area (Å²) in [6, 6.07) is 0.454. The van der Waals surface area contributed by atoms with Crippen LogP contribution in [0.3, 0.4) is 0 Å². The van der Waals surface area contributed by atoms with Gasteiger partial charge in [0.2, 0.25) is 10.0 Å². The van der Waals surface area contributed by atoms with Crippen molar-refractivity contribution in [3.63, 3.8) is 0 Å². The van der Waals surface area contributed by atoms with Crippen LogP contribution in [0.25, 0.3) is 0 Å². The summed E-state index contributed by atoms with van der Waals surface area (Å²) in [6.07, 6.45) is 8.74. The van der Waals surface area contributed by atoms with Crippen molar-refractivity contribution in [1.82, 2.24) is 9.62 Å². The van der Waals surface area contributed by atoms with Crippen molar-refractivity contribution in [3.8, 4) is 0 Å². The second-order valence-corrected chi connectivity index (χ2v) is 7.99. The maximum atomic E-state index is 11.2. The lowest BCUT2D eigenvalue weighted by molar-refractivity contribution is 0.209. The third-order valence-corrected chi connectivity index (χ3v) is 5.36. The number of nitrogens with zero attached hydrogens (tertiary/aromatic N) is 2. The first-order valence-corrected chi connectivity index (χ1v) is 9.31. The second kappa shape index (κ2) is 6.76. The van der Waals surface area contributed by atoms with E-state index in [9.17, 15) is 8.42 Å². The van der Waals surface area contributed by atoms with E-state index in [1.807, 2.05) is 0 Å². The average Bonchev–Trinajstić information content (AvgIpc) is 2.53. The van der Waals surface area contributed by atoms with E-state index < -0.39 is 10.0 Å². The van der Waals surface area contributed by atoms with Crippen LogP contribution in [0.1, 0.15) is 38.5 Å². The minimum atomic E-state index is -3.03. The lowest BCUT2D eigenvalue weighted by atomic mass is 10.0. The summed E-state index contributed by atoms with van der Waals surface area (Å²) in [5, 5.41) is 3.30. The molecule has 0 aromatic rings. The monoisotopic (exact) mass is 302 g/mol. The molecule has 1 saturated carbocycles. The number of nitrogens with one attached hydrogen (secondary N) is 1. The van der Waals surface area contributed by atoms with Gasteiger partial charge in [-0.3, -0.25) is 4.99 Å². The Hall–Kier alpha value is -0.820. The summed E-state index contributed by atoms with van der Waals surface area (Å²) in [7, 11) is -3.03. The molecule has 0 radical (unpaired) electrons. The molecule has 0 atom stereocenters. The molecule has 2 rings (SSSR count). The Bertz CT molecular complexity index is 435. The van der Waals surface area contributed by atoms with Crippen LogP contribution in [-0.4, -0.2) is 50.6 Å². The number of aliphatic imine (C=N–C) groups is 1. The molecule has 7 heteroatoms. The van der Waals surface area contributed by atoms with Crippen LogP contribution in [0.15, 0.2) is 4.99 Å². The normalized spacial score (nSPS) is 24.1. The maximum absolute atomic E-state index is 11.2. The van der Waals surface area contributed by atoms with Crippen molar-refractivity contribution < 1.29 is 8.42 Å². The molecule has 20 heavy (non-hydrogen) atoms. The van der Waals surface area contributed by atoms with E-state index in [2.05, 4.69) is 10.3 Å². The zero-order valence-electron chi connectivity index (χ0n) is 12.2. The molecule has 1 saturated heterocycles. The third-order valence-electron chi connectivity index (χ3n) is 4.12. The van der Waals surface area contributed by atoms with Gasteiger partial charge in [0.15, 0.2) is 5.96 Å². The second-order valence-electron chi connectivity index (χ2n) is 6.00. The molecule has 0 aromatic carbocycles. The summed E-state index contributed by atoms with van der Waals surface area (Å²) in [6.45, 7) is 1.75. The molecule has 0 spiro atoms. The highest BCUT2D eigenvalue weighted by molar-refractivity contribution is 7.88. The Kier molecular flexibility index (Phi) is 5.26. The van der Waals surface area contributed by atoms with Crippen molar-refractivity contribution in [3.05, 3.63) is 0 Å². The van der Waals surface area contributed by atoms with Crippen molar-refractivity contribution in [2.24, 2.45) is 16.6 Å². The first-order valence-electron chi connectivity index (χ1n) is 7.47. The van der Waals surface area contributed by atoms with Gasteiger partial charge in [0, 0.05) is 31.6 Å². The van der Waals surface area contributed by atoms with Crippen LogP contribution >= 0.6 is 0 Å². The number of hydrogen-bond donors (Lipinski definition) is 2. The van der Waals surface area contributed by atoms with Gasteiger partial charge in [-0.25, -0.2) is 12.7 Å². The first-order chi connectivity index (χ1) is 9.45. The fourth-order valence-corrected chi connectivity index (χ4v) is 3.78. The minimum absolute atomic E-state index is 0.305. The van der Waals surface area contributed by atoms with Gasteiger partial charge >= 0.3 is 0 Å². The van der Waals surface area contributed by atoms with Crippen molar-refractivity contribution >= 4 is 16.0 Å². The van der Waals surface area contributed by atoms with Gasteiger partial charge in [-0.1, -0.05) is 25.7 Å². The summed E-state index contributed by atoms with van der Waals surface area (Å²) >= 11 is 0. The van der Waals surface area contributed by atoms with Gasteiger partial charge in [-0.15, -0.1) is 0 Å². The molecule has 2 fully saturated rings. The molecule has 0 aromatic heterocycles. The Balaban J connectivity index is 1.69. The number of rotatable bonds is 4. The number of sulfonamides is 1. The van der Waals surface area contributed by atoms with Gasteiger partial charge in [0.1, 0.15) is 0 Å². The Labute approximate surface area is 121 Å². The molecular weight excluding hydrogens is 276 g/mol. The van der Waals surface area contributed by atoms with Crippen molar-refractivity contribution in [1.29, 1.82) is 0 Å². The van der Waals surface area contributed by atoms with Gasteiger partial charge in [-0.05, 0) is 12.8 Å². The number of hydrogen-bond acceptors (Lipinski definition) is 3. The quantitative estimate of drug-likeness (QED) is 0.450. The van der Waals surface area contributed by atoms with Crippen LogP contribution in [0.5, 0.6) is 0 Å². The lowest BCUT2D eigenvalue weighted by Crippen LogP contribution is -2.51. The topological polar surface area (TPSA) is 87.8 Å². The standard InChI is InChI=1S/C13H26N4O2S/c1-20(18,19)17-9-11(10-17)8-15-13(14)16-12-6-4-2-3-5-7-12/h11-12H,2-10H2,1H3,(H3,14,15,16). The lowest BCUT2D eigenvalue weighted by Gasteiger charge is -2.36. The molecule has 1 heterocycles. The summed E-state index contributed by atoms with van der Waals surface area (Å²) < 4.78 is 24.0. The minimum Gasteiger partial charge on any atom is -0.370 e. The van der Waals surface area contributed by atoms with Crippen LogP contribution in [0, 0.1) is 5.92 Å². The van der Waals surface area contributed by atoms with Crippen LogP contribution < -0.4 is 11.1 Å². The maximum Gasteiger partial charge on any atom is 0.211 e. The van der Waals surface area contributed by atoms with Crippen LogP contribution in [0.4, 0.5) is 0 Å². The van der Waals surface area contributed by atoms with E-state index in [0.717, 1.165) is 0 Å². The largest absolute Gasteiger partial charge is 0.370 e. The van der Waals surface area contributed by atoms with Crippen molar-refractivity contribution in [2.45, 2.75) is 44.6 Å². The summed E-state index contributed by atoms with van der Waals surface area (Å²) in [5.41, 5.74) is 5.91. The predicted molar refractivity (Wildman–Crippen MR) is 81.0 cm³/mol. The van der Waals surface area contributed by atoms with Crippen LogP contribution in [-0.2, 0) is 10.0 Å². The molecular formula is C13H26N4O2S. The van der Waals surface area contributed by atoms with Crippen molar-refractivity contribution in [2.75, 3.05) is 25.9 Å². The highest BCUT2D eigenvalue weighted by Gasteiger charge is 2.32. The van der Waals surface area contributed by atoms with Gasteiger partial charge in [0.05, 0.1) is 6.26 Å². The summed E-state index contributed by atoms with van der Waals surface area (Å²) in [5.74, 6) is 0.814. The van der Waals surface area contributed by atoms with E-state index in [4.69, 9.17) is 5.73 Å². The van der Waals surface area contributed by atoms with Gasteiger partial charge < -0.3 is 11.1 Å². The zero-order valence-corrected chi connectivity index (χ0v) is 13.0. The van der Waals surface area contributed by atoms with Gasteiger partial charge in [-0.2, -0.15) is 0 Å². The molecule has 0 amide bonds. The Morgan fingerprint density at radius 1 is 1.25 bits per heavy atom. The van der Waals surface area contributed by atoms with Crippen LogP contribution in [0.2, 0.25) is 0 Å². The average molecular weight is 302 g/mol. The molecule has 1 aliphatic carbocycles. The molecule has 3 N–H and O–H groups in total. The fraction of sp³-hybridized carbons (Fsp3) is 0.923. The smallest absolute Gasteiger partial charge is 0.211 e. The van der Waals surface area contributed by atoms with E-state index in [-0.39, 0.29) is 0 Å². The molecule has 0 unspecified atom stereocenters. The zero-order chi connectivity index (χ0) is 14.6. The van der Waals surface area contributed by atoms with E-state index >= 15 is 0 Å². The summed E-state index contributed by atoms with van der Waals surface area (Å²) in [4.78, 5) is 4.35. The SMILES string of the molecule is CS(=O)(=O)N1CC(CN=C(N)NC2CCCCCC2)C1. The third kappa shape index (κ3) is 4.63. The Morgan fingerprint density at radius 2 is 1.85 bits per heavy atom. The predicted octanol–water partition coefficient (Wildman–Crippen LogP) is 0.505. The molecule has 6 nitrogen and oxygen atoms in total. The molecule has 2 aliphatic rings. The fourth-order valence-electron chi connectivity index (χ4n) is 2.81. The van der Waals surface area contributed by atoms with E-state index in [1.165, 1.54) is 49.1 Å². The highest BCUT2D eigenvalue weighted by atomic mass is 32.2. The van der Waals surface area contributed by atoms with Gasteiger partial charge in [0.25, 0.3) is 0 Å². The number of nitrogens with two attached hydrogens (primary N) is 1. The molecule has 0 bridgehead atoms. The Morgan fingerprint density at radius 3 is 2.40 bits per heavy atom. The molecule has 116 valence electrons. The van der Waals surface area contributed by atoms with E-state index in [1.54, 1.807) is 0 Å². The first kappa shape index (κ1) is 15.6.